The lowest BCUT2D eigenvalue weighted by atomic mass is 9.85. The summed E-state index contributed by atoms with van der Waals surface area (Å²) in [6, 6.07) is 0.317. The van der Waals surface area contributed by atoms with Crippen LogP contribution in [-0.4, -0.2) is 25.0 Å². The van der Waals surface area contributed by atoms with Gasteiger partial charge in [-0.05, 0) is 26.3 Å². The minimum atomic E-state index is 0.164. The molecule has 14 heavy (non-hydrogen) atoms. The quantitative estimate of drug-likeness (QED) is 0.720. The molecule has 1 saturated heterocycles. The van der Waals surface area contributed by atoms with E-state index in [4.69, 9.17) is 4.74 Å². The number of ketones is 1. The topological polar surface area (TPSA) is 38.3 Å². The SMILES string of the molecule is CC1NCCCC1C(=O)C1=COCC1. The zero-order valence-corrected chi connectivity index (χ0v) is 8.58. The highest BCUT2D eigenvalue weighted by atomic mass is 16.5. The number of rotatable bonds is 2. The summed E-state index contributed by atoms with van der Waals surface area (Å²) in [6.45, 7) is 3.81. The molecular weight excluding hydrogens is 178 g/mol. The molecule has 0 aromatic carbocycles. The Hall–Kier alpha value is -0.830. The maximum Gasteiger partial charge on any atom is 0.166 e. The molecule has 3 nitrogen and oxygen atoms in total. The molecule has 0 spiro atoms. The molecule has 0 bridgehead atoms. The van der Waals surface area contributed by atoms with Crippen molar-refractivity contribution in [3.05, 3.63) is 11.8 Å². The van der Waals surface area contributed by atoms with Gasteiger partial charge >= 0.3 is 0 Å². The van der Waals surface area contributed by atoms with Crippen molar-refractivity contribution >= 4 is 5.78 Å². The lowest BCUT2D eigenvalue weighted by Gasteiger charge is -2.28. The maximum atomic E-state index is 12.0. The van der Waals surface area contributed by atoms with Gasteiger partial charge in [0.2, 0.25) is 0 Å². The normalized spacial score (nSPS) is 32.2. The van der Waals surface area contributed by atoms with Crippen molar-refractivity contribution in [2.75, 3.05) is 13.2 Å². The molecule has 2 aliphatic heterocycles. The smallest absolute Gasteiger partial charge is 0.166 e. The van der Waals surface area contributed by atoms with Gasteiger partial charge in [-0.1, -0.05) is 0 Å². The van der Waals surface area contributed by atoms with Crippen LogP contribution in [0, 0.1) is 5.92 Å². The lowest BCUT2D eigenvalue weighted by Crippen LogP contribution is -2.43. The van der Waals surface area contributed by atoms with Gasteiger partial charge in [-0.15, -0.1) is 0 Å². The number of carbonyl (C=O) groups is 1. The minimum Gasteiger partial charge on any atom is -0.500 e. The van der Waals surface area contributed by atoms with E-state index in [1.807, 2.05) is 0 Å². The van der Waals surface area contributed by atoms with E-state index >= 15 is 0 Å². The van der Waals surface area contributed by atoms with Crippen LogP contribution in [0.2, 0.25) is 0 Å². The molecule has 1 N–H and O–H groups in total. The predicted octanol–water partition coefficient (Wildman–Crippen LogP) is 1.25. The molecule has 0 saturated carbocycles. The third kappa shape index (κ3) is 1.82. The molecule has 0 aliphatic carbocycles. The molecule has 1 fully saturated rings. The van der Waals surface area contributed by atoms with E-state index in [9.17, 15) is 4.79 Å². The van der Waals surface area contributed by atoms with Crippen LogP contribution in [0.25, 0.3) is 0 Å². The number of nitrogens with one attached hydrogen (secondary N) is 1. The van der Waals surface area contributed by atoms with E-state index in [-0.39, 0.29) is 5.92 Å². The molecule has 2 rings (SSSR count). The largest absolute Gasteiger partial charge is 0.500 e. The van der Waals surface area contributed by atoms with Gasteiger partial charge in [-0.2, -0.15) is 0 Å². The summed E-state index contributed by atoms with van der Waals surface area (Å²) in [5.74, 6) is 0.457. The molecule has 2 heterocycles. The number of Topliss-reactive ketones (excluding diaryl/α,β-unsaturated/α-hetero) is 1. The van der Waals surface area contributed by atoms with Crippen LogP contribution in [-0.2, 0) is 9.53 Å². The van der Waals surface area contributed by atoms with Crippen molar-refractivity contribution in [1.29, 1.82) is 0 Å². The lowest BCUT2D eigenvalue weighted by molar-refractivity contribution is -0.120. The molecule has 2 unspecified atom stereocenters. The van der Waals surface area contributed by atoms with E-state index in [2.05, 4.69) is 12.2 Å². The summed E-state index contributed by atoms with van der Waals surface area (Å²) >= 11 is 0. The first-order valence-electron chi connectivity index (χ1n) is 5.37. The Labute approximate surface area is 84.5 Å². The molecule has 2 atom stereocenters. The van der Waals surface area contributed by atoms with Crippen molar-refractivity contribution in [1.82, 2.24) is 5.32 Å². The molecule has 3 heteroatoms. The van der Waals surface area contributed by atoms with E-state index in [1.54, 1.807) is 6.26 Å². The standard InChI is InChI=1S/C11H17NO2/c1-8-10(3-2-5-12-8)11(13)9-4-6-14-7-9/h7-8,10,12H,2-6H2,1H3. The number of hydrogen-bond acceptors (Lipinski definition) is 3. The summed E-state index contributed by atoms with van der Waals surface area (Å²) < 4.78 is 5.10. The second kappa shape index (κ2) is 4.13. The molecule has 0 radical (unpaired) electrons. The Balaban J connectivity index is 2.02. The summed E-state index contributed by atoms with van der Waals surface area (Å²) in [5.41, 5.74) is 0.880. The first-order valence-corrected chi connectivity index (χ1v) is 5.37. The number of carbonyl (C=O) groups excluding carboxylic acids is 1. The number of hydrogen-bond donors (Lipinski definition) is 1. The van der Waals surface area contributed by atoms with E-state index in [0.29, 0.717) is 18.4 Å². The van der Waals surface area contributed by atoms with Crippen LogP contribution in [0.1, 0.15) is 26.2 Å². The summed E-state index contributed by atoms with van der Waals surface area (Å²) in [5, 5.41) is 3.35. The highest BCUT2D eigenvalue weighted by Crippen LogP contribution is 2.24. The van der Waals surface area contributed by atoms with Gasteiger partial charge < -0.3 is 10.1 Å². The molecule has 78 valence electrons. The Morgan fingerprint density at radius 3 is 3.14 bits per heavy atom. The molecule has 0 aromatic heterocycles. The second-order valence-electron chi connectivity index (χ2n) is 4.12. The van der Waals surface area contributed by atoms with Gasteiger partial charge in [0.15, 0.2) is 5.78 Å². The summed E-state index contributed by atoms with van der Waals surface area (Å²) in [7, 11) is 0. The fourth-order valence-electron chi connectivity index (χ4n) is 2.21. The summed E-state index contributed by atoms with van der Waals surface area (Å²) in [6.07, 6.45) is 4.56. The zero-order valence-electron chi connectivity index (χ0n) is 8.58. The minimum absolute atomic E-state index is 0.164. The fraction of sp³-hybridized carbons (Fsp3) is 0.727. The van der Waals surface area contributed by atoms with Crippen LogP contribution < -0.4 is 5.32 Å². The van der Waals surface area contributed by atoms with Crippen molar-refractivity contribution in [3.63, 3.8) is 0 Å². The third-order valence-corrected chi connectivity index (χ3v) is 3.13. The van der Waals surface area contributed by atoms with Gasteiger partial charge in [0.25, 0.3) is 0 Å². The van der Waals surface area contributed by atoms with Gasteiger partial charge in [0, 0.05) is 24.0 Å². The second-order valence-corrected chi connectivity index (χ2v) is 4.12. The summed E-state index contributed by atoms with van der Waals surface area (Å²) in [4.78, 5) is 12.0. The van der Waals surface area contributed by atoms with Crippen LogP contribution in [0.15, 0.2) is 11.8 Å². The maximum absolute atomic E-state index is 12.0. The average Bonchev–Trinajstić information content (AvgIpc) is 2.70. The Morgan fingerprint density at radius 1 is 1.64 bits per heavy atom. The van der Waals surface area contributed by atoms with Gasteiger partial charge in [0.05, 0.1) is 12.9 Å². The number of piperidine rings is 1. The zero-order chi connectivity index (χ0) is 9.97. The third-order valence-electron chi connectivity index (χ3n) is 3.13. The first-order chi connectivity index (χ1) is 6.79. The van der Waals surface area contributed by atoms with Crippen LogP contribution in [0.4, 0.5) is 0 Å². The van der Waals surface area contributed by atoms with E-state index in [0.717, 1.165) is 31.4 Å². The highest BCUT2D eigenvalue weighted by molar-refractivity contribution is 5.97. The van der Waals surface area contributed by atoms with Crippen molar-refractivity contribution in [3.8, 4) is 0 Å². The Morgan fingerprint density at radius 2 is 2.50 bits per heavy atom. The van der Waals surface area contributed by atoms with Gasteiger partial charge in [0.1, 0.15) is 0 Å². The fourth-order valence-corrected chi connectivity index (χ4v) is 2.21. The van der Waals surface area contributed by atoms with Crippen LogP contribution in [0.5, 0.6) is 0 Å². The van der Waals surface area contributed by atoms with Crippen molar-refractivity contribution < 1.29 is 9.53 Å². The van der Waals surface area contributed by atoms with Crippen molar-refractivity contribution in [2.24, 2.45) is 5.92 Å². The van der Waals surface area contributed by atoms with Gasteiger partial charge in [-0.3, -0.25) is 4.79 Å². The van der Waals surface area contributed by atoms with Crippen molar-refractivity contribution in [2.45, 2.75) is 32.2 Å². The first kappa shape index (κ1) is 9.71. The Kier molecular flexibility index (Phi) is 2.87. The highest BCUT2D eigenvalue weighted by Gasteiger charge is 2.30. The van der Waals surface area contributed by atoms with E-state index in [1.165, 1.54) is 0 Å². The predicted molar refractivity (Wildman–Crippen MR) is 53.8 cm³/mol. The number of ether oxygens (including phenoxy) is 1. The van der Waals surface area contributed by atoms with Gasteiger partial charge in [-0.25, -0.2) is 0 Å². The van der Waals surface area contributed by atoms with Crippen LogP contribution >= 0.6 is 0 Å². The molecular formula is C11H17NO2. The monoisotopic (exact) mass is 195 g/mol. The average molecular weight is 195 g/mol. The molecule has 0 aromatic rings. The van der Waals surface area contributed by atoms with Crippen LogP contribution in [0.3, 0.4) is 0 Å². The molecule has 2 aliphatic rings. The Bertz CT molecular complexity index is 260. The van der Waals surface area contributed by atoms with E-state index < -0.39 is 0 Å². The molecule has 0 amide bonds.